The number of nitrogens with zero attached hydrogens (tertiary/aromatic N) is 2. The van der Waals surface area contributed by atoms with Crippen LogP contribution in [0.1, 0.15) is 21.5 Å². The molecule has 0 aliphatic rings. The van der Waals surface area contributed by atoms with Crippen LogP contribution >= 0.6 is 0 Å². The summed E-state index contributed by atoms with van der Waals surface area (Å²) in [6.45, 7) is -0.442. The average molecular weight is 401 g/mol. The summed E-state index contributed by atoms with van der Waals surface area (Å²) in [4.78, 5) is 46.2. The van der Waals surface area contributed by atoms with Crippen LogP contribution in [0.4, 0.5) is 4.39 Å². The number of hydrogen-bond donors (Lipinski definition) is 3. The second-order valence-electron chi connectivity index (χ2n) is 6.07. The van der Waals surface area contributed by atoms with E-state index in [0.29, 0.717) is 12.0 Å². The minimum absolute atomic E-state index is 0.0823. The highest BCUT2D eigenvalue weighted by Crippen LogP contribution is 2.13. The van der Waals surface area contributed by atoms with Crippen molar-refractivity contribution in [2.24, 2.45) is 5.18 Å². The van der Waals surface area contributed by atoms with Gasteiger partial charge in [-0.15, -0.1) is 4.91 Å². The van der Waals surface area contributed by atoms with Crippen LogP contribution in [0, 0.1) is 10.7 Å². The molecule has 0 atom stereocenters. The number of nitroso groups, excluding NO2 is 1. The molecule has 2 rings (SSSR count). The van der Waals surface area contributed by atoms with Crippen LogP contribution in [0.3, 0.4) is 0 Å². The highest BCUT2D eigenvalue weighted by atomic mass is 19.1. The standard InChI is InChI=1S/C18H17BFN3O6/c20-16-7-14(4-5-15(16)19(27)28)18(26)23(10-17(25)22-29)9-13-3-1-2-12(6-13)8-21-11-24/h1-7,11,27-28H,8-10H2,(H,21,24). The predicted molar refractivity (Wildman–Crippen MR) is 101 cm³/mol. The Morgan fingerprint density at radius 2 is 1.90 bits per heavy atom. The van der Waals surface area contributed by atoms with Gasteiger partial charge in [-0.2, -0.15) is 0 Å². The highest BCUT2D eigenvalue weighted by molar-refractivity contribution is 6.58. The van der Waals surface area contributed by atoms with Gasteiger partial charge in [-0.1, -0.05) is 30.3 Å². The van der Waals surface area contributed by atoms with Crippen molar-refractivity contribution < 1.29 is 28.8 Å². The number of benzene rings is 2. The lowest BCUT2D eigenvalue weighted by Crippen LogP contribution is -2.36. The Bertz CT molecular complexity index is 924. The van der Waals surface area contributed by atoms with Gasteiger partial charge in [-0.05, 0) is 23.3 Å². The Balaban J connectivity index is 2.29. The maximum Gasteiger partial charge on any atom is 0.491 e. The molecule has 0 bridgehead atoms. The molecule has 0 aliphatic carbocycles. The fourth-order valence-corrected chi connectivity index (χ4v) is 2.66. The molecular weight excluding hydrogens is 384 g/mol. The Labute approximate surface area is 165 Å². The van der Waals surface area contributed by atoms with Gasteiger partial charge in [0.2, 0.25) is 6.41 Å². The molecular formula is C18H17BFN3O6. The van der Waals surface area contributed by atoms with Crippen LogP contribution < -0.4 is 10.8 Å². The van der Waals surface area contributed by atoms with E-state index < -0.39 is 36.8 Å². The molecule has 9 nitrogen and oxygen atoms in total. The van der Waals surface area contributed by atoms with Crippen LogP contribution in [0.2, 0.25) is 0 Å². The van der Waals surface area contributed by atoms with Crippen molar-refractivity contribution >= 4 is 30.8 Å². The molecule has 0 fully saturated rings. The molecule has 0 aliphatic heterocycles. The third-order valence-corrected chi connectivity index (χ3v) is 4.00. The molecule has 3 amide bonds. The zero-order valence-electron chi connectivity index (χ0n) is 15.1. The first-order chi connectivity index (χ1) is 13.8. The monoisotopic (exact) mass is 401 g/mol. The fraction of sp³-hybridized carbons (Fsp3) is 0.167. The Kier molecular flexibility index (Phi) is 7.69. The van der Waals surface area contributed by atoms with E-state index in [0.717, 1.165) is 22.6 Å². The minimum Gasteiger partial charge on any atom is -0.423 e. The maximum atomic E-state index is 14.0. The quantitative estimate of drug-likeness (QED) is 0.300. The lowest BCUT2D eigenvalue weighted by molar-refractivity contribution is -0.118. The van der Waals surface area contributed by atoms with Gasteiger partial charge in [0.25, 0.3) is 5.91 Å². The zero-order valence-corrected chi connectivity index (χ0v) is 15.1. The highest BCUT2D eigenvalue weighted by Gasteiger charge is 2.23. The van der Waals surface area contributed by atoms with Gasteiger partial charge >= 0.3 is 13.0 Å². The topological polar surface area (TPSA) is 136 Å². The first-order valence-electron chi connectivity index (χ1n) is 8.41. The minimum atomic E-state index is -2.04. The number of halogens is 1. The van der Waals surface area contributed by atoms with Crippen molar-refractivity contribution in [1.29, 1.82) is 0 Å². The summed E-state index contributed by atoms with van der Waals surface area (Å²) in [6.07, 6.45) is 0.540. The largest absolute Gasteiger partial charge is 0.491 e. The summed E-state index contributed by atoms with van der Waals surface area (Å²) in [6, 6.07) is 9.84. The number of rotatable bonds is 9. The van der Waals surface area contributed by atoms with Gasteiger partial charge in [0, 0.05) is 29.3 Å². The van der Waals surface area contributed by atoms with Crippen LogP contribution in [0.25, 0.3) is 0 Å². The van der Waals surface area contributed by atoms with Gasteiger partial charge in [0.1, 0.15) is 12.4 Å². The van der Waals surface area contributed by atoms with Gasteiger partial charge in [0.05, 0.1) is 0 Å². The predicted octanol–water partition coefficient (Wildman–Crippen LogP) is -0.313. The molecule has 0 heterocycles. The van der Waals surface area contributed by atoms with Crippen molar-refractivity contribution in [2.45, 2.75) is 13.1 Å². The summed E-state index contributed by atoms with van der Waals surface area (Å²) >= 11 is 0. The van der Waals surface area contributed by atoms with E-state index in [9.17, 15) is 23.7 Å². The molecule has 0 spiro atoms. The molecule has 0 radical (unpaired) electrons. The van der Waals surface area contributed by atoms with E-state index in [-0.39, 0.29) is 18.7 Å². The van der Waals surface area contributed by atoms with Gasteiger partial charge in [-0.25, -0.2) is 4.39 Å². The second-order valence-corrected chi connectivity index (χ2v) is 6.07. The number of carbonyl (C=O) groups excluding carboxylic acids is 3. The van der Waals surface area contributed by atoms with Crippen molar-refractivity contribution in [3.05, 3.63) is 69.9 Å². The Morgan fingerprint density at radius 3 is 2.52 bits per heavy atom. The Morgan fingerprint density at radius 1 is 1.17 bits per heavy atom. The van der Waals surface area contributed by atoms with Crippen LogP contribution in [0.15, 0.2) is 47.6 Å². The van der Waals surface area contributed by atoms with Crippen molar-refractivity contribution in [2.75, 3.05) is 6.54 Å². The van der Waals surface area contributed by atoms with Crippen LogP contribution in [0.5, 0.6) is 0 Å². The summed E-state index contributed by atoms with van der Waals surface area (Å²) in [5, 5.41) is 22.9. The molecule has 0 aromatic heterocycles. The molecule has 0 saturated carbocycles. The summed E-state index contributed by atoms with van der Waals surface area (Å²) in [7, 11) is -2.04. The average Bonchev–Trinajstić information content (AvgIpc) is 2.71. The third kappa shape index (κ3) is 6.02. The summed E-state index contributed by atoms with van der Waals surface area (Å²) in [5.41, 5.74) is 0.790. The van der Waals surface area contributed by atoms with E-state index in [1.807, 2.05) is 0 Å². The lowest BCUT2D eigenvalue weighted by Gasteiger charge is -2.21. The lowest BCUT2D eigenvalue weighted by atomic mass is 9.79. The fourth-order valence-electron chi connectivity index (χ4n) is 2.66. The van der Waals surface area contributed by atoms with Crippen molar-refractivity contribution in [1.82, 2.24) is 10.2 Å². The summed E-state index contributed by atoms with van der Waals surface area (Å²) in [5.74, 6) is -2.84. The molecule has 2 aromatic rings. The smallest absolute Gasteiger partial charge is 0.423 e. The molecule has 11 heteroatoms. The molecule has 150 valence electrons. The number of nitrogens with one attached hydrogen (secondary N) is 1. The molecule has 3 N–H and O–H groups in total. The van der Waals surface area contributed by atoms with Crippen molar-refractivity contribution in [3.63, 3.8) is 0 Å². The van der Waals surface area contributed by atoms with Gasteiger partial charge in [-0.3, -0.25) is 14.4 Å². The zero-order chi connectivity index (χ0) is 21.4. The van der Waals surface area contributed by atoms with Gasteiger partial charge in [0.15, 0.2) is 0 Å². The number of carbonyl (C=O) groups is 3. The second kappa shape index (κ2) is 10.2. The van der Waals surface area contributed by atoms with Crippen molar-refractivity contribution in [3.8, 4) is 0 Å². The van der Waals surface area contributed by atoms with E-state index in [4.69, 9.17) is 10.0 Å². The summed E-state index contributed by atoms with van der Waals surface area (Å²) < 4.78 is 14.0. The van der Waals surface area contributed by atoms with E-state index in [2.05, 4.69) is 10.5 Å². The van der Waals surface area contributed by atoms with Crippen LogP contribution in [-0.4, -0.2) is 46.8 Å². The Hall–Kier alpha value is -3.44. The SMILES string of the molecule is O=CNCc1cccc(CN(CC(=O)N=O)C(=O)c2ccc(B(O)O)c(F)c2)c1. The molecule has 2 aromatic carbocycles. The first-order valence-corrected chi connectivity index (χ1v) is 8.41. The molecule has 0 saturated heterocycles. The van der Waals surface area contributed by atoms with Gasteiger partial charge < -0.3 is 20.3 Å². The van der Waals surface area contributed by atoms with Crippen LogP contribution in [-0.2, 0) is 22.7 Å². The van der Waals surface area contributed by atoms with E-state index in [1.54, 1.807) is 24.3 Å². The maximum absolute atomic E-state index is 14.0. The number of amides is 3. The number of hydrogen-bond acceptors (Lipinski definition) is 6. The first kappa shape index (κ1) is 21.9. The third-order valence-electron chi connectivity index (χ3n) is 4.00. The van der Waals surface area contributed by atoms with E-state index in [1.165, 1.54) is 6.07 Å². The normalized spacial score (nSPS) is 10.2. The molecule has 0 unspecified atom stereocenters. The molecule has 29 heavy (non-hydrogen) atoms. The van der Waals surface area contributed by atoms with E-state index >= 15 is 0 Å².